The Bertz CT molecular complexity index is 178. The summed E-state index contributed by atoms with van der Waals surface area (Å²) in [6.45, 7) is 14.8. The second-order valence-electron chi connectivity index (χ2n) is 5.18. The van der Waals surface area contributed by atoms with Gasteiger partial charge >= 0.3 is 0 Å². The smallest absolute Gasteiger partial charge is 0.223 e. The summed E-state index contributed by atoms with van der Waals surface area (Å²) in [5.41, 5.74) is 0. The molecule has 0 amide bonds. The number of hydrogen-bond acceptors (Lipinski definition) is 3. The number of nitrogens with zero attached hydrogens (tertiary/aromatic N) is 1. The molecule has 0 N–H and O–H groups in total. The van der Waals surface area contributed by atoms with Crippen molar-refractivity contribution in [3.63, 3.8) is 0 Å². The fourth-order valence-corrected chi connectivity index (χ4v) is 2.09. The fraction of sp³-hybridized carbons (Fsp3) is 0.778. The highest BCUT2D eigenvalue weighted by Crippen LogP contribution is 2.13. The van der Waals surface area contributed by atoms with Gasteiger partial charge in [-0.3, -0.25) is 9.05 Å². The number of hydrogen-bond donors (Lipinski definition) is 0. The number of rotatable bonds is 5. The van der Waals surface area contributed by atoms with Gasteiger partial charge in [0.1, 0.15) is 0 Å². The minimum absolute atomic E-state index is 1.54. The molecule has 0 aromatic heterocycles. The molecule has 0 aromatic rings. The van der Waals surface area contributed by atoms with Crippen LogP contribution in [-0.2, 0) is 9.05 Å². The summed E-state index contributed by atoms with van der Waals surface area (Å²) in [5, 5.41) is 1.54. The normalized spacial score (nSPS) is 13.6. The van der Waals surface area contributed by atoms with E-state index in [9.17, 15) is 0 Å². The van der Waals surface area contributed by atoms with E-state index in [0.717, 1.165) is 0 Å². The molecule has 14 heavy (non-hydrogen) atoms. The second-order valence-corrected chi connectivity index (χ2v) is 14.0. The van der Waals surface area contributed by atoms with Crippen LogP contribution in [0.5, 0.6) is 0 Å². The molecule has 0 aliphatic heterocycles. The standard InChI is InChI=1S/C9H23NO2Si2/c1-8-9-10(11-13(2,3)4)12-14(5,6)7/h8-9H,1-7H3. The van der Waals surface area contributed by atoms with Gasteiger partial charge in [0.15, 0.2) is 0 Å². The Labute approximate surface area is 89.9 Å². The third-order valence-electron chi connectivity index (χ3n) is 0.998. The maximum atomic E-state index is 5.75. The first-order valence-corrected chi connectivity index (χ1v) is 11.8. The summed E-state index contributed by atoms with van der Waals surface area (Å²) in [6, 6.07) is 0. The van der Waals surface area contributed by atoms with Gasteiger partial charge in [0.25, 0.3) is 0 Å². The van der Waals surface area contributed by atoms with Crippen LogP contribution in [0.25, 0.3) is 0 Å². The van der Waals surface area contributed by atoms with Gasteiger partial charge in [0.2, 0.25) is 16.6 Å². The van der Waals surface area contributed by atoms with Crippen LogP contribution in [-0.4, -0.2) is 21.9 Å². The SMILES string of the molecule is CC=CN(O[Si](C)(C)C)O[Si](C)(C)C. The number of hydroxylamine groups is 2. The van der Waals surface area contributed by atoms with Gasteiger partial charge in [0, 0.05) is 0 Å². The second kappa shape index (κ2) is 5.11. The van der Waals surface area contributed by atoms with Gasteiger partial charge in [-0.2, -0.15) is 5.23 Å². The van der Waals surface area contributed by atoms with E-state index in [2.05, 4.69) is 39.3 Å². The zero-order chi connectivity index (χ0) is 11.4. The van der Waals surface area contributed by atoms with Gasteiger partial charge < -0.3 is 0 Å². The van der Waals surface area contributed by atoms with Gasteiger partial charge in [-0.1, -0.05) is 6.08 Å². The maximum absolute atomic E-state index is 5.75. The first kappa shape index (κ1) is 13.9. The number of allylic oxidation sites excluding steroid dienone is 1. The molecule has 0 spiro atoms. The zero-order valence-electron chi connectivity index (χ0n) is 10.4. The minimum atomic E-state index is -1.59. The van der Waals surface area contributed by atoms with E-state index in [0.29, 0.717) is 0 Å². The lowest BCUT2D eigenvalue weighted by atomic mass is 10.7. The van der Waals surface area contributed by atoms with E-state index in [1.54, 1.807) is 5.23 Å². The molecule has 0 fully saturated rings. The average Bonchev–Trinajstić information content (AvgIpc) is 1.78. The quantitative estimate of drug-likeness (QED) is 0.537. The van der Waals surface area contributed by atoms with Crippen LogP contribution in [0.3, 0.4) is 0 Å². The van der Waals surface area contributed by atoms with E-state index in [-0.39, 0.29) is 0 Å². The Morgan fingerprint density at radius 1 is 0.857 bits per heavy atom. The summed E-state index contributed by atoms with van der Waals surface area (Å²) < 4.78 is 11.5. The Hall–Kier alpha value is -0.106. The molecular weight excluding hydrogens is 210 g/mol. The van der Waals surface area contributed by atoms with Crippen molar-refractivity contribution in [3.05, 3.63) is 12.3 Å². The van der Waals surface area contributed by atoms with Gasteiger partial charge in [-0.25, -0.2) is 0 Å². The Balaban J connectivity index is 4.31. The summed E-state index contributed by atoms with van der Waals surface area (Å²) in [5.74, 6) is 0. The molecule has 0 unspecified atom stereocenters. The Morgan fingerprint density at radius 2 is 1.21 bits per heavy atom. The molecule has 0 bridgehead atoms. The Morgan fingerprint density at radius 3 is 1.43 bits per heavy atom. The van der Waals surface area contributed by atoms with Crippen molar-refractivity contribution in [2.45, 2.75) is 46.2 Å². The third-order valence-corrected chi connectivity index (χ3v) is 2.45. The molecule has 0 radical (unpaired) electrons. The summed E-state index contributed by atoms with van der Waals surface area (Å²) in [4.78, 5) is 0. The van der Waals surface area contributed by atoms with E-state index >= 15 is 0 Å². The molecule has 0 aromatic carbocycles. The third kappa shape index (κ3) is 8.49. The Kier molecular flexibility index (Phi) is 5.07. The summed E-state index contributed by atoms with van der Waals surface area (Å²) in [7, 11) is -3.17. The first-order valence-electron chi connectivity index (χ1n) is 4.94. The molecule has 0 aliphatic rings. The highest BCUT2D eigenvalue weighted by atomic mass is 28.4. The molecule has 0 saturated carbocycles. The van der Waals surface area contributed by atoms with Crippen LogP contribution in [0.1, 0.15) is 6.92 Å². The van der Waals surface area contributed by atoms with Crippen molar-refractivity contribution in [2.24, 2.45) is 0 Å². The van der Waals surface area contributed by atoms with Crippen LogP contribution in [0.15, 0.2) is 12.3 Å². The van der Waals surface area contributed by atoms with Crippen LogP contribution < -0.4 is 0 Å². The summed E-state index contributed by atoms with van der Waals surface area (Å²) >= 11 is 0. The van der Waals surface area contributed by atoms with Gasteiger partial charge in [-0.05, 0) is 46.2 Å². The molecule has 3 nitrogen and oxygen atoms in total. The molecule has 0 heterocycles. The van der Waals surface area contributed by atoms with Gasteiger partial charge in [-0.15, -0.1) is 0 Å². The maximum Gasteiger partial charge on any atom is 0.223 e. The van der Waals surface area contributed by atoms with Crippen LogP contribution in [0, 0.1) is 0 Å². The lowest BCUT2D eigenvalue weighted by Crippen LogP contribution is -2.41. The average molecular weight is 233 g/mol. The predicted molar refractivity (Wildman–Crippen MR) is 65.5 cm³/mol. The van der Waals surface area contributed by atoms with Crippen molar-refractivity contribution in [1.82, 2.24) is 5.23 Å². The van der Waals surface area contributed by atoms with Crippen LogP contribution >= 0.6 is 0 Å². The molecule has 0 atom stereocenters. The molecule has 0 saturated heterocycles. The lowest BCUT2D eigenvalue weighted by Gasteiger charge is -2.31. The van der Waals surface area contributed by atoms with Crippen molar-refractivity contribution in [1.29, 1.82) is 0 Å². The minimum Gasteiger partial charge on any atom is -0.299 e. The van der Waals surface area contributed by atoms with E-state index < -0.39 is 16.6 Å². The molecule has 84 valence electrons. The molecular formula is C9H23NO2Si2. The van der Waals surface area contributed by atoms with Crippen molar-refractivity contribution < 1.29 is 9.05 Å². The zero-order valence-corrected chi connectivity index (χ0v) is 12.4. The lowest BCUT2D eigenvalue weighted by molar-refractivity contribution is -0.231. The van der Waals surface area contributed by atoms with Crippen LogP contribution in [0.4, 0.5) is 0 Å². The molecule has 0 rings (SSSR count). The highest BCUT2D eigenvalue weighted by Gasteiger charge is 2.24. The first-order chi connectivity index (χ1) is 6.14. The van der Waals surface area contributed by atoms with Gasteiger partial charge in [0.05, 0.1) is 6.20 Å². The topological polar surface area (TPSA) is 21.7 Å². The van der Waals surface area contributed by atoms with E-state index in [4.69, 9.17) is 9.05 Å². The van der Waals surface area contributed by atoms with Crippen molar-refractivity contribution in [3.8, 4) is 0 Å². The largest absolute Gasteiger partial charge is 0.299 e. The van der Waals surface area contributed by atoms with E-state index in [1.807, 2.05) is 19.2 Å². The molecule has 5 heteroatoms. The molecule has 0 aliphatic carbocycles. The predicted octanol–water partition coefficient (Wildman–Crippen LogP) is 3.36. The highest BCUT2D eigenvalue weighted by molar-refractivity contribution is 6.70. The fourth-order valence-electron chi connectivity index (χ4n) is 0.741. The summed E-state index contributed by atoms with van der Waals surface area (Å²) in [6.07, 6.45) is 3.75. The monoisotopic (exact) mass is 233 g/mol. The van der Waals surface area contributed by atoms with Crippen molar-refractivity contribution >= 4 is 16.6 Å². The van der Waals surface area contributed by atoms with E-state index in [1.165, 1.54) is 0 Å². The van der Waals surface area contributed by atoms with Crippen molar-refractivity contribution in [2.75, 3.05) is 0 Å². The van der Waals surface area contributed by atoms with Crippen LogP contribution in [0.2, 0.25) is 39.3 Å².